The highest BCUT2D eigenvalue weighted by atomic mass is 16.5. The van der Waals surface area contributed by atoms with Crippen LogP contribution >= 0.6 is 0 Å². The van der Waals surface area contributed by atoms with E-state index in [9.17, 15) is 9.59 Å². The molecule has 1 aromatic rings. The van der Waals surface area contributed by atoms with Gasteiger partial charge in [0.2, 0.25) is 11.8 Å². The summed E-state index contributed by atoms with van der Waals surface area (Å²) in [5.41, 5.74) is 12.6. The number of carbonyl (C=O) groups excluding carboxylic acids is 2. The largest absolute Gasteiger partial charge is 0.397 e. The van der Waals surface area contributed by atoms with Gasteiger partial charge in [-0.25, -0.2) is 0 Å². The van der Waals surface area contributed by atoms with Crippen LogP contribution in [0.25, 0.3) is 0 Å². The molecular weight excluding hydrogens is 260 g/mol. The summed E-state index contributed by atoms with van der Waals surface area (Å²) in [4.78, 5) is 24.9. The Hall–Kier alpha value is -2.28. The fourth-order valence-electron chi connectivity index (χ4n) is 2.25. The van der Waals surface area contributed by atoms with Gasteiger partial charge in [0.25, 0.3) is 0 Å². The van der Waals surface area contributed by atoms with Gasteiger partial charge in [-0.15, -0.1) is 0 Å². The lowest BCUT2D eigenvalue weighted by Crippen LogP contribution is -2.53. The van der Waals surface area contributed by atoms with E-state index in [0.717, 1.165) is 0 Å². The number of nitrogens with one attached hydrogen (secondary N) is 1. The van der Waals surface area contributed by atoms with Crippen LogP contribution in [0.5, 0.6) is 0 Å². The molecule has 108 valence electrons. The number of nitrogens with two attached hydrogens (primary N) is 2. The summed E-state index contributed by atoms with van der Waals surface area (Å²) in [6.45, 7) is 1.37. The molecule has 1 aromatic carbocycles. The molecule has 2 amide bonds. The van der Waals surface area contributed by atoms with Crippen LogP contribution in [-0.4, -0.2) is 44.7 Å². The van der Waals surface area contributed by atoms with Gasteiger partial charge in [0.15, 0.2) is 0 Å². The lowest BCUT2D eigenvalue weighted by atomic mass is 10.1. The van der Waals surface area contributed by atoms with Crippen LogP contribution < -0.4 is 21.7 Å². The second-order valence-electron chi connectivity index (χ2n) is 4.54. The summed E-state index contributed by atoms with van der Waals surface area (Å²) in [6.07, 6.45) is 0. The van der Waals surface area contributed by atoms with Crippen LogP contribution in [0.3, 0.4) is 0 Å². The van der Waals surface area contributed by atoms with Crippen LogP contribution in [0.15, 0.2) is 18.2 Å². The maximum absolute atomic E-state index is 11.9. The number of amides is 2. The molecule has 0 radical (unpaired) electrons. The highest BCUT2D eigenvalue weighted by Gasteiger charge is 2.30. The van der Waals surface area contributed by atoms with Crippen LogP contribution in [0.2, 0.25) is 0 Å². The number of likely N-dealkylation sites (N-methyl/N-ethyl adjacent to an activating group) is 1. The highest BCUT2D eigenvalue weighted by molar-refractivity contribution is 5.95. The highest BCUT2D eigenvalue weighted by Crippen LogP contribution is 2.27. The van der Waals surface area contributed by atoms with Crippen molar-refractivity contribution in [1.29, 1.82) is 0 Å². The lowest BCUT2D eigenvalue weighted by molar-refractivity contribution is -0.124. The number of nitrogens with zero attached hydrogens (tertiary/aromatic N) is 1. The second-order valence-corrected chi connectivity index (χ2v) is 4.54. The van der Waals surface area contributed by atoms with Gasteiger partial charge in [0.1, 0.15) is 6.04 Å². The van der Waals surface area contributed by atoms with Crippen LogP contribution in [-0.2, 0) is 9.53 Å². The molecule has 1 fully saturated rings. The number of morpholine rings is 1. The molecule has 2 rings (SSSR count). The number of ether oxygens (including phenoxy) is 1. The van der Waals surface area contributed by atoms with Crippen LogP contribution in [0.4, 0.5) is 11.4 Å². The Morgan fingerprint density at radius 2 is 2.20 bits per heavy atom. The summed E-state index contributed by atoms with van der Waals surface area (Å²) in [7, 11) is 1.58. The summed E-state index contributed by atoms with van der Waals surface area (Å²) < 4.78 is 5.34. The van der Waals surface area contributed by atoms with E-state index < -0.39 is 11.9 Å². The standard InChI is InChI=1S/C13H18N4O3/c1-16-13(19)11-7-20-5-4-17(11)10-3-2-8(12(15)18)6-9(10)14/h2-3,6,11H,4-5,7,14H2,1H3,(H2,15,18)(H,16,19). The van der Waals surface area contributed by atoms with Crippen molar-refractivity contribution in [2.24, 2.45) is 5.73 Å². The predicted octanol–water partition coefficient (Wildman–Crippen LogP) is -0.681. The van der Waals surface area contributed by atoms with E-state index in [1.165, 1.54) is 6.07 Å². The first-order chi connectivity index (χ1) is 9.54. The van der Waals surface area contributed by atoms with Crippen molar-refractivity contribution in [3.63, 3.8) is 0 Å². The Morgan fingerprint density at radius 1 is 1.45 bits per heavy atom. The monoisotopic (exact) mass is 278 g/mol. The number of nitrogen functional groups attached to an aromatic ring is 1. The predicted molar refractivity (Wildman–Crippen MR) is 75.4 cm³/mol. The van der Waals surface area contributed by atoms with Gasteiger partial charge < -0.3 is 26.4 Å². The van der Waals surface area contributed by atoms with Crippen molar-refractivity contribution >= 4 is 23.2 Å². The molecule has 1 saturated heterocycles. The Labute approximate surface area is 116 Å². The van der Waals surface area contributed by atoms with Gasteiger partial charge in [-0.1, -0.05) is 0 Å². The van der Waals surface area contributed by atoms with Gasteiger partial charge in [-0.3, -0.25) is 9.59 Å². The lowest BCUT2D eigenvalue weighted by Gasteiger charge is -2.36. The maximum atomic E-state index is 11.9. The first-order valence-electron chi connectivity index (χ1n) is 6.30. The SMILES string of the molecule is CNC(=O)C1COCCN1c1ccc(C(N)=O)cc1N. The van der Waals surface area contributed by atoms with E-state index in [-0.39, 0.29) is 5.91 Å². The van der Waals surface area contributed by atoms with Crippen LogP contribution in [0.1, 0.15) is 10.4 Å². The molecule has 0 aliphatic carbocycles. The quantitative estimate of drug-likeness (QED) is 0.634. The molecule has 0 bridgehead atoms. The minimum absolute atomic E-state index is 0.136. The summed E-state index contributed by atoms with van der Waals surface area (Å²) in [5.74, 6) is -0.670. The molecule has 7 heteroatoms. The van der Waals surface area contributed by atoms with Crippen molar-refractivity contribution in [2.75, 3.05) is 37.4 Å². The molecule has 7 nitrogen and oxygen atoms in total. The normalized spacial score (nSPS) is 18.6. The fraction of sp³-hybridized carbons (Fsp3) is 0.385. The van der Waals surface area contributed by atoms with E-state index >= 15 is 0 Å². The van der Waals surface area contributed by atoms with Crippen molar-refractivity contribution in [2.45, 2.75) is 6.04 Å². The summed E-state index contributed by atoms with van der Waals surface area (Å²) in [5, 5.41) is 2.61. The molecule has 1 unspecified atom stereocenters. The van der Waals surface area contributed by atoms with Gasteiger partial charge in [0.05, 0.1) is 24.6 Å². The van der Waals surface area contributed by atoms with Crippen molar-refractivity contribution in [3.05, 3.63) is 23.8 Å². The smallest absolute Gasteiger partial charge is 0.248 e. The average molecular weight is 278 g/mol. The van der Waals surface area contributed by atoms with Crippen molar-refractivity contribution in [1.82, 2.24) is 5.32 Å². The molecule has 1 heterocycles. The molecule has 0 spiro atoms. The Morgan fingerprint density at radius 3 is 2.80 bits per heavy atom. The summed E-state index contributed by atoms with van der Waals surface area (Å²) >= 11 is 0. The molecule has 1 atom stereocenters. The Balaban J connectivity index is 2.32. The number of anilines is 2. The van der Waals surface area contributed by atoms with Crippen molar-refractivity contribution in [3.8, 4) is 0 Å². The minimum Gasteiger partial charge on any atom is -0.397 e. The molecule has 20 heavy (non-hydrogen) atoms. The number of rotatable bonds is 3. The molecule has 5 N–H and O–H groups in total. The Bertz CT molecular complexity index is 532. The molecule has 1 aliphatic rings. The topological polar surface area (TPSA) is 111 Å². The number of carbonyl (C=O) groups is 2. The molecule has 0 saturated carbocycles. The fourth-order valence-corrected chi connectivity index (χ4v) is 2.25. The zero-order valence-electron chi connectivity index (χ0n) is 11.3. The summed E-state index contributed by atoms with van der Waals surface area (Å²) in [6, 6.07) is 4.39. The number of hydrogen-bond donors (Lipinski definition) is 3. The van der Waals surface area contributed by atoms with Gasteiger partial charge >= 0.3 is 0 Å². The number of benzene rings is 1. The van der Waals surface area contributed by atoms with E-state index in [2.05, 4.69) is 5.32 Å². The third-order valence-corrected chi connectivity index (χ3v) is 3.30. The van der Waals surface area contributed by atoms with Gasteiger partial charge in [-0.05, 0) is 18.2 Å². The molecule has 1 aliphatic heterocycles. The third kappa shape index (κ3) is 2.67. The zero-order valence-corrected chi connectivity index (χ0v) is 11.3. The Kier molecular flexibility index (Phi) is 4.09. The van der Waals surface area contributed by atoms with E-state index in [1.807, 2.05) is 4.90 Å². The third-order valence-electron chi connectivity index (χ3n) is 3.30. The van der Waals surface area contributed by atoms with E-state index in [0.29, 0.717) is 36.7 Å². The molecular formula is C13H18N4O3. The average Bonchev–Trinajstić information content (AvgIpc) is 2.46. The zero-order chi connectivity index (χ0) is 14.7. The van der Waals surface area contributed by atoms with Gasteiger partial charge in [0, 0.05) is 19.2 Å². The minimum atomic E-state index is -0.534. The first kappa shape index (κ1) is 14.1. The number of hydrogen-bond acceptors (Lipinski definition) is 5. The molecule has 0 aromatic heterocycles. The maximum Gasteiger partial charge on any atom is 0.248 e. The second kappa shape index (κ2) is 5.79. The van der Waals surface area contributed by atoms with Crippen molar-refractivity contribution < 1.29 is 14.3 Å². The van der Waals surface area contributed by atoms with Gasteiger partial charge in [-0.2, -0.15) is 0 Å². The van der Waals surface area contributed by atoms with E-state index in [1.54, 1.807) is 19.2 Å². The van der Waals surface area contributed by atoms with Crippen LogP contribution in [0, 0.1) is 0 Å². The van der Waals surface area contributed by atoms with E-state index in [4.69, 9.17) is 16.2 Å². The number of primary amides is 1. The first-order valence-corrected chi connectivity index (χ1v) is 6.30.